The maximum atomic E-state index is 14.5. The summed E-state index contributed by atoms with van der Waals surface area (Å²) in [6, 6.07) is 9.88. The maximum absolute atomic E-state index is 14.5. The van der Waals surface area contributed by atoms with E-state index in [0.29, 0.717) is 12.3 Å². The second kappa shape index (κ2) is 15.7. The van der Waals surface area contributed by atoms with Crippen LogP contribution in [0.25, 0.3) is 11.3 Å². The van der Waals surface area contributed by atoms with Crippen molar-refractivity contribution in [2.75, 3.05) is 0 Å². The lowest BCUT2D eigenvalue weighted by Crippen LogP contribution is -2.48. The molecule has 0 saturated carbocycles. The molecule has 198 valence electrons. The van der Waals surface area contributed by atoms with Crippen LogP contribution in [0, 0.1) is 11.7 Å². The molecule has 2 aromatic carbocycles. The van der Waals surface area contributed by atoms with Gasteiger partial charge in [0.2, 0.25) is 0 Å². The van der Waals surface area contributed by atoms with Gasteiger partial charge < -0.3 is 16.8 Å². The van der Waals surface area contributed by atoms with E-state index in [2.05, 4.69) is 71.3 Å². The molecule has 3 rings (SSSR count). The van der Waals surface area contributed by atoms with Gasteiger partial charge in [0.15, 0.2) is 6.71 Å². The summed E-state index contributed by atoms with van der Waals surface area (Å²) in [4.78, 5) is 0. The van der Waals surface area contributed by atoms with Gasteiger partial charge in [-0.3, -0.25) is 0 Å². The van der Waals surface area contributed by atoms with E-state index in [4.69, 9.17) is 11.5 Å². The lowest BCUT2D eigenvalue weighted by Gasteiger charge is -2.34. The fourth-order valence-electron chi connectivity index (χ4n) is 4.46. The van der Waals surface area contributed by atoms with Crippen LogP contribution in [0.3, 0.4) is 0 Å². The van der Waals surface area contributed by atoms with Gasteiger partial charge in [0.25, 0.3) is 0 Å². The van der Waals surface area contributed by atoms with Crippen molar-refractivity contribution in [1.29, 1.82) is 0 Å². The highest BCUT2D eigenvalue weighted by molar-refractivity contribution is 6.60. The van der Waals surface area contributed by atoms with Crippen LogP contribution in [0.1, 0.15) is 88.3 Å². The minimum Gasteiger partial charge on any atom is -0.389 e. The van der Waals surface area contributed by atoms with Gasteiger partial charge >= 0.3 is 0 Å². The monoisotopic (exact) mass is 493 g/mol. The Kier molecular flexibility index (Phi) is 13.8. The second-order valence-corrected chi connectivity index (χ2v) is 9.84. The molecule has 1 atom stereocenters. The standard InChI is InChI=1S/C24H31BFN3.C5H12.C2H6/c1-5-25-12-21-17(7-6-8-20(21)15(2)3)11-24(25)29-16(4)18-9-19(13-27)22(14-28)23(26)10-18;1-4-5(2)3;1-2/h6-10,24,29H,2,4-5,11-14,27-28H2,1,3H3;5H,4H2,1-3H3;1-2H3. The highest BCUT2D eigenvalue weighted by Gasteiger charge is 2.31. The van der Waals surface area contributed by atoms with Crippen molar-refractivity contribution in [2.45, 2.75) is 93.0 Å². The molecule has 0 spiro atoms. The third-order valence-corrected chi connectivity index (χ3v) is 6.97. The molecular weight excluding hydrogens is 444 g/mol. The molecule has 3 nitrogen and oxygen atoms in total. The molecule has 0 saturated heterocycles. The molecule has 0 fully saturated rings. The Morgan fingerprint density at radius 3 is 2.28 bits per heavy atom. The zero-order valence-electron chi connectivity index (χ0n) is 23.8. The lowest BCUT2D eigenvalue weighted by molar-refractivity contribution is 0.605. The molecule has 5 N–H and O–H groups in total. The summed E-state index contributed by atoms with van der Waals surface area (Å²) >= 11 is 0. The van der Waals surface area contributed by atoms with E-state index in [1.54, 1.807) is 0 Å². The molecule has 1 aliphatic heterocycles. The van der Waals surface area contributed by atoms with E-state index in [-0.39, 0.29) is 24.8 Å². The van der Waals surface area contributed by atoms with Crippen molar-refractivity contribution in [3.63, 3.8) is 0 Å². The van der Waals surface area contributed by atoms with Crippen LogP contribution in [0.5, 0.6) is 0 Å². The Hall–Kier alpha value is -2.37. The third kappa shape index (κ3) is 8.35. The molecule has 0 aliphatic carbocycles. The van der Waals surface area contributed by atoms with Crippen LogP contribution < -0.4 is 16.8 Å². The van der Waals surface area contributed by atoms with E-state index >= 15 is 0 Å². The molecule has 1 heterocycles. The van der Waals surface area contributed by atoms with Crippen molar-refractivity contribution in [1.82, 2.24) is 5.32 Å². The average Bonchev–Trinajstić information content (AvgIpc) is 2.88. The highest BCUT2D eigenvalue weighted by Crippen LogP contribution is 2.30. The topological polar surface area (TPSA) is 64.1 Å². The summed E-state index contributed by atoms with van der Waals surface area (Å²) in [5, 5.41) is 3.59. The first-order valence-corrected chi connectivity index (χ1v) is 13.6. The predicted molar refractivity (Wildman–Crippen MR) is 159 cm³/mol. The Balaban J connectivity index is 0.000000826. The summed E-state index contributed by atoms with van der Waals surface area (Å²) in [6.07, 6.45) is 4.29. The summed E-state index contributed by atoms with van der Waals surface area (Å²) in [7, 11) is 0. The molecule has 2 aromatic rings. The fraction of sp³-hybridized carbons (Fsp3) is 0.484. The smallest absolute Gasteiger partial charge is 0.171 e. The van der Waals surface area contributed by atoms with Crippen molar-refractivity contribution in [3.8, 4) is 0 Å². The number of nitrogens with one attached hydrogen (secondary N) is 1. The highest BCUT2D eigenvalue weighted by atomic mass is 19.1. The van der Waals surface area contributed by atoms with Gasteiger partial charge in [-0.15, -0.1) is 0 Å². The van der Waals surface area contributed by atoms with E-state index in [1.165, 1.54) is 29.2 Å². The quantitative estimate of drug-likeness (QED) is 0.342. The van der Waals surface area contributed by atoms with Gasteiger partial charge in [0.1, 0.15) is 5.82 Å². The first kappa shape index (κ1) is 31.7. The first-order valence-electron chi connectivity index (χ1n) is 13.6. The Bertz CT molecular complexity index is 1000. The number of halogens is 1. The van der Waals surface area contributed by atoms with Crippen LogP contribution in [0.15, 0.2) is 43.5 Å². The SMILES string of the molecule is C=C(NC1Cc2cccc(C(=C)C)c2CB1CC)c1cc(F)c(CN)c(CN)c1.CC.CCC(C)C. The number of fused-ring (bicyclic) bond motifs is 1. The maximum Gasteiger partial charge on any atom is 0.171 e. The normalized spacial score (nSPS) is 14.2. The molecule has 36 heavy (non-hydrogen) atoms. The predicted octanol–water partition coefficient (Wildman–Crippen LogP) is 7.18. The van der Waals surface area contributed by atoms with Crippen molar-refractivity contribution < 1.29 is 4.39 Å². The first-order chi connectivity index (χ1) is 17.2. The minimum absolute atomic E-state index is 0.140. The zero-order chi connectivity index (χ0) is 27.4. The zero-order valence-corrected chi connectivity index (χ0v) is 23.8. The number of allylic oxidation sites excluding steroid dienone is 1. The molecule has 0 amide bonds. The van der Waals surface area contributed by atoms with Gasteiger partial charge in [0.05, 0.1) is 0 Å². The van der Waals surface area contributed by atoms with E-state index in [0.717, 1.165) is 47.4 Å². The van der Waals surface area contributed by atoms with Gasteiger partial charge in [-0.1, -0.05) is 91.2 Å². The van der Waals surface area contributed by atoms with E-state index < -0.39 is 0 Å². The van der Waals surface area contributed by atoms with Crippen LogP contribution in [0.4, 0.5) is 4.39 Å². The van der Waals surface area contributed by atoms with Crippen molar-refractivity contribution in [3.05, 3.63) is 82.7 Å². The van der Waals surface area contributed by atoms with Gasteiger partial charge in [0, 0.05) is 35.9 Å². The van der Waals surface area contributed by atoms with Gasteiger partial charge in [-0.05, 0) is 60.0 Å². The van der Waals surface area contributed by atoms with E-state index in [1.807, 2.05) is 19.9 Å². The fourth-order valence-corrected chi connectivity index (χ4v) is 4.46. The number of hydrogen-bond donors (Lipinski definition) is 3. The Labute approximate surface area is 220 Å². The minimum atomic E-state index is -0.319. The third-order valence-electron chi connectivity index (χ3n) is 6.97. The number of nitrogens with two attached hydrogens (primary N) is 2. The Morgan fingerprint density at radius 2 is 1.78 bits per heavy atom. The van der Waals surface area contributed by atoms with Gasteiger partial charge in [-0.2, -0.15) is 0 Å². The molecule has 1 unspecified atom stereocenters. The van der Waals surface area contributed by atoms with Crippen LogP contribution in [0.2, 0.25) is 6.32 Å². The molecule has 5 heteroatoms. The molecular formula is C31H49BFN3. The molecule has 1 aliphatic rings. The van der Waals surface area contributed by atoms with Crippen LogP contribution >= 0.6 is 0 Å². The Morgan fingerprint density at radius 1 is 1.14 bits per heavy atom. The number of rotatable bonds is 8. The summed E-state index contributed by atoms with van der Waals surface area (Å²) in [5.41, 5.74) is 19.3. The van der Waals surface area contributed by atoms with Gasteiger partial charge in [-0.25, -0.2) is 4.39 Å². The lowest BCUT2D eigenvalue weighted by atomic mass is 9.36. The summed E-state index contributed by atoms with van der Waals surface area (Å²) < 4.78 is 14.5. The molecule has 0 radical (unpaired) electrons. The molecule has 0 aromatic heterocycles. The second-order valence-electron chi connectivity index (χ2n) is 9.84. The van der Waals surface area contributed by atoms with Crippen LogP contribution in [-0.2, 0) is 25.8 Å². The largest absolute Gasteiger partial charge is 0.389 e. The number of hydrogen-bond acceptors (Lipinski definition) is 3. The summed E-state index contributed by atoms with van der Waals surface area (Å²) in [5.74, 6) is 0.814. The van der Waals surface area contributed by atoms with Crippen molar-refractivity contribution in [2.24, 2.45) is 17.4 Å². The average molecular weight is 494 g/mol. The summed E-state index contributed by atoms with van der Waals surface area (Å²) in [6.45, 7) is 24.1. The van der Waals surface area contributed by atoms with Crippen molar-refractivity contribution >= 4 is 18.0 Å². The number of benzene rings is 2. The van der Waals surface area contributed by atoms with Crippen LogP contribution in [-0.4, -0.2) is 12.7 Å². The van der Waals surface area contributed by atoms with E-state index in [9.17, 15) is 4.39 Å². The molecule has 0 bridgehead atoms.